The average molecular weight is 458 g/mol. The van der Waals surface area contributed by atoms with Crippen molar-refractivity contribution >= 4 is 30.8 Å². The topological polar surface area (TPSA) is 51.5 Å². The van der Waals surface area contributed by atoms with Crippen LogP contribution in [0.5, 0.6) is 0 Å². The summed E-state index contributed by atoms with van der Waals surface area (Å²) in [7, 11) is -0.0448. The largest absolute Gasteiger partial charge is 0.413 e. The molecule has 1 atom stereocenters. The van der Waals surface area contributed by atoms with Crippen LogP contribution < -0.4 is 5.43 Å². The first-order valence-electron chi connectivity index (χ1n) is 10.6. The van der Waals surface area contributed by atoms with Crippen LogP contribution in [0.3, 0.4) is 0 Å². The van der Waals surface area contributed by atoms with Crippen LogP contribution in [0.1, 0.15) is 45.1 Å². The lowest BCUT2D eigenvalue weighted by atomic mass is 9.96. The molecule has 0 unspecified atom stereocenters. The summed E-state index contributed by atoms with van der Waals surface area (Å²) in [5.41, 5.74) is 3.34. The number of fused-ring (bicyclic) bond motifs is 1. The molecule has 1 aromatic heterocycles. The van der Waals surface area contributed by atoms with E-state index in [4.69, 9.17) is 16.0 Å². The fraction of sp³-hybridized carbons (Fsp3) is 0.400. The first kappa shape index (κ1) is 23.7. The molecule has 3 rings (SSSR count). The molecular weight excluding hydrogens is 426 g/mol. The molecule has 0 saturated carbocycles. The average Bonchev–Trinajstić information content (AvgIpc) is 2.68. The number of hydrogen-bond donors (Lipinski definition) is 1. The van der Waals surface area contributed by atoms with Crippen molar-refractivity contribution in [2.75, 3.05) is 0 Å². The number of benzene rings is 2. The maximum Gasteiger partial charge on any atom is 0.199 e. The molecule has 1 heterocycles. The second-order valence-electron chi connectivity index (χ2n) is 9.71. The lowest BCUT2D eigenvalue weighted by molar-refractivity contribution is 0.191. The highest BCUT2D eigenvalue weighted by atomic mass is 35.5. The van der Waals surface area contributed by atoms with Crippen LogP contribution >= 0.6 is 11.6 Å². The summed E-state index contributed by atoms with van der Waals surface area (Å²) in [6, 6.07) is 13.2. The molecule has 4 nitrogen and oxygen atoms in total. The molecule has 2 aromatic carbocycles. The minimum absolute atomic E-state index is 0.120. The lowest BCUT2D eigenvalue weighted by Crippen LogP contribution is -2.40. The zero-order valence-corrected chi connectivity index (χ0v) is 21.2. The highest BCUT2D eigenvalue weighted by Crippen LogP contribution is 2.37. The first-order valence-corrected chi connectivity index (χ1v) is 13.9. The van der Waals surface area contributed by atoms with Gasteiger partial charge in [-0.15, -0.1) is 0 Å². The van der Waals surface area contributed by atoms with E-state index in [1.165, 1.54) is 0 Å². The van der Waals surface area contributed by atoms with Crippen LogP contribution in [0.25, 0.3) is 22.0 Å². The molecule has 0 amide bonds. The van der Waals surface area contributed by atoms with E-state index in [-0.39, 0.29) is 10.5 Å². The summed E-state index contributed by atoms with van der Waals surface area (Å²) in [6.45, 7) is 13.3. The summed E-state index contributed by atoms with van der Waals surface area (Å²) in [5.74, 6) is 0. The van der Waals surface area contributed by atoms with Gasteiger partial charge >= 0.3 is 0 Å². The number of halogens is 1. The van der Waals surface area contributed by atoms with Gasteiger partial charge in [-0.25, -0.2) is 0 Å². The normalized spacial score (nSPS) is 13.6. The van der Waals surface area contributed by atoms with E-state index in [2.05, 4.69) is 33.9 Å². The number of hydrogen-bond acceptors (Lipinski definition) is 3. The third-order valence-electron chi connectivity index (χ3n) is 6.44. The van der Waals surface area contributed by atoms with Crippen LogP contribution in [0, 0.1) is 0 Å². The van der Waals surface area contributed by atoms with Crippen LogP contribution in [0.2, 0.25) is 23.2 Å². The predicted octanol–water partition coefficient (Wildman–Crippen LogP) is 6.43. The summed E-state index contributed by atoms with van der Waals surface area (Å²) < 4.78 is 8.24. The van der Waals surface area contributed by atoms with Gasteiger partial charge in [-0.05, 0) is 54.4 Å². The van der Waals surface area contributed by atoms with Crippen LogP contribution in [-0.2, 0) is 18.1 Å². The third kappa shape index (κ3) is 4.51. The minimum Gasteiger partial charge on any atom is -0.413 e. The van der Waals surface area contributed by atoms with Crippen molar-refractivity contribution in [1.82, 2.24) is 4.57 Å². The van der Waals surface area contributed by atoms with E-state index >= 15 is 0 Å². The molecule has 0 aliphatic heterocycles. The molecule has 0 aliphatic rings. The van der Waals surface area contributed by atoms with Gasteiger partial charge in [-0.2, -0.15) is 0 Å². The number of aliphatic hydroxyl groups excluding tert-OH is 1. The van der Waals surface area contributed by atoms with E-state index in [0.29, 0.717) is 33.8 Å². The molecule has 166 valence electrons. The summed E-state index contributed by atoms with van der Waals surface area (Å²) >= 11 is 6.41. The van der Waals surface area contributed by atoms with Gasteiger partial charge in [0.1, 0.15) is 0 Å². The Morgan fingerprint density at radius 1 is 1.16 bits per heavy atom. The van der Waals surface area contributed by atoms with Gasteiger partial charge < -0.3 is 14.1 Å². The highest BCUT2D eigenvalue weighted by Gasteiger charge is 2.37. The highest BCUT2D eigenvalue weighted by molar-refractivity contribution is 6.74. The Balaban J connectivity index is 2.16. The van der Waals surface area contributed by atoms with Crippen molar-refractivity contribution < 1.29 is 9.53 Å². The predicted molar refractivity (Wildman–Crippen MR) is 132 cm³/mol. The SMILES string of the molecule is C[C@@H](O)c1c(-c2cccc(CO[Si](C)(C)C(C)(C)C)c2)c(=O)c2c(Cl)cccc2n1C. The van der Waals surface area contributed by atoms with Gasteiger partial charge in [0.25, 0.3) is 0 Å². The molecule has 6 heteroatoms. The third-order valence-corrected chi connectivity index (χ3v) is 11.2. The summed E-state index contributed by atoms with van der Waals surface area (Å²) in [6.07, 6.45) is -0.816. The number of aromatic nitrogens is 1. The van der Waals surface area contributed by atoms with Crippen molar-refractivity contribution in [2.24, 2.45) is 7.05 Å². The van der Waals surface area contributed by atoms with Gasteiger partial charge in [-0.1, -0.05) is 56.6 Å². The van der Waals surface area contributed by atoms with Gasteiger partial charge in [0, 0.05) is 7.05 Å². The van der Waals surface area contributed by atoms with E-state index in [1.807, 2.05) is 48.0 Å². The molecule has 31 heavy (non-hydrogen) atoms. The fourth-order valence-electron chi connectivity index (χ4n) is 3.62. The van der Waals surface area contributed by atoms with Gasteiger partial charge in [0.15, 0.2) is 13.7 Å². The van der Waals surface area contributed by atoms with Crippen LogP contribution in [0.15, 0.2) is 47.3 Å². The van der Waals surface area contributed by atoms with Crippen molar-refractivity contribution in [3.63, 3.8) is 0 Å². The Bertz CT molecular complexity index is 1180. The van der Waals surface area contributed by atoms with E-state index < -0.39 is 14.4 Å². The number of aliphatic hydroxyl groups is 1. The molecular formula is C25H32ClNO3Si. The van der Waals surface area contributed by atoms with Crippen LogP contribution in [0.4, 0.5) is 0 Å². The number of rotatable bonds is 5. The minimum atomic E-state index is -1.90. The van der Waals surface area contributed by atoms with Crippen LogP contribution in [-0.4, -0.2) is 18.0 Å². The van der Waals surface area contributed by atoms with Crippen molar-refractivity contribution in [2.45, 2.75) is 58.5 Å². The van der Waals surface area contributed by atoms with Gasteiger partial charge in [-0.3, -0.25) is 4.79 Å². The summed E-state index contributed by atoms with van der Waals surface area (Å²) in [4.78, 5) is 13.6. The molecule has 0 fully saturated rings. The maximum atomic E-state index is 13.6. The van der Waals surface area contributed by atoms with Crippen molar-refractivity contribution in [3.05, 3.63) is 69.0 Å². The molecule has 0 saturated heterocycles. The Hall–Kier alpha value is -1.92. The lowest BCUT2D eigenvalue weighted by Gasteiger charge is -2.36. The molecule has 0 radical (unpaired) electrons. The number of pyridine rings is 1. The van der Waals surface area contributed by atoms with E-state index in [0.717, 1.165) is 11.1 Å². The van der Waals surface area contributed by atoms with E-state index in [1.54, 1.807) is 13.0 Å². The quantitative estimate of drug-likeness (QED) is 0.449. The van der Waals surface area contributed by atoms with Gasteiger partial charge in [0.2, 0.25) is 0 Å². The smallest absolute Gasteiger partial charge is 0.199 e. The Morgan fingerprint density at radius 3 is 2.42 bits per heavy atom. The fourth-order valence-corrected chi connectivity index (χ4v) is 4.84. The number of aryl methyl sites for hydroxylation is 1. The van der Waals surface area contributed by atoms with Gasteiger partial charge in [0.05, 0.1) is 39.9 Å². The Kier molecular flexibility index (Phi) is 6.54. The Morgan fingerprint density at radius 2 is 1.81 bits per heavy atom. The monoisotopic (exact) mass is 457 g/mol. The first-order chi connectivity index (χ1) is 14.3. The second kappa shape index (κ2) is 8.55. The molecule has 0 bridgehead atoms. The molecule has 0 aliphatic carbocycles. The van der Waals surface area contributed by atoms with E-state index in [9.17, 15) is 9.90 Å². The standard InChI is InChI=1S/C25H32ClNO3Si/c1-16(28)23-21(24(29)22-19(26)12-9-13-20(22)27(23)5)18-11-8-10-17(14-18)15-30-31(6,7)25(2,3)4/h8-14,16,28H,15H2,1-7H3/t16-/m1/s1. The van der Waals surface area contributed by atoms with Crippen molar-refractivity contribution in [3.8, 4) is 11.1 Å². The summed E-state index contributed by atoms with van der Waals surface area (Å²) in [5, 5.41) is 11.6. The zero-order valence-electron chi connectivity index (χ0n) is 19.4. The maximum absolute atomic E-state index is 13.6. The number of nitrogens with zero attached hydrogens (tertiary/aromatic N) is 1. The van der Waals surface area contributed by atoms with Crippen molar-refractivity contribution in [1.29, 1.82) is 0 Å². The molecule has 1 N–H and O–H groups in total. The molecule has 0 spiro atoms. The second-order valence-corrected chi connectivity index (χ2v) is 14.9. The zero-order chi connectivity index (χ0) is 23.1. The Labute approximate surface area is 190 Å². The molecule has 3 aromatic rings.